The van der Waals surface area contributed by atoms with Crippen molar-refractivity contribution >= 4 is 16.7 Å². The van der Waals surface area contributed by atoms with Crippen LogP contribution in [0.4, 0.5) is 0 Å². The number of ether oxygens (including phenoxy) is 1. The minimum atomic E-state index is -0.405. The third-order valence-corrected chi connectivity index (χ3v) is 7.97. The van der Waals surface area contributed by atoms with Gasteiger partial charge in [-0.1, -0.05) is 85.6 Å². The zero-order valence-electron chi connectivity index (χ0n) is 23.2. The number of aliphatic hydroxyl groups excluding tert-OH is 1. The van der Waals surface area contributed by atoms with Crippen LogP contribution >= 0.6 is 0 Å². The largest absolute Gasteiger partial charge is 0.491 e. The molecule has 1 heterocycles. The summed E-state index contributed by atoms with van der Waals surface area (Å²) in [6.07, 6.45) is 4.65. The van der Waals surface area contributed by atoms with Crippen molar-refractivity contribution in [3.63, 3.8) is 0 Å². The van der Waals surface area contributed by atoms with E-state index in [-0.39, 0.29) is 48.5 Å². The summed E-state index contributed by atoms with van der Waals surface area (Å²) < 4.78 is 5.98. The average Bonchev–Trinajstić information content (AvgIpc) is 3.44. The monoisotopic (exact) mass is 539 g/mol. The van der Waals surface area contributed by atoms with Gasteiger partial charge in [-0.05, 0) is 48.6 Å². The Morgan fingerprint density at radius 3 is 2.38 bits per heavy atom. The number of benzene rings is 3. The molecule has 1 aliphatic rings. The first-order valence-electron chi connectivity index (χ1n) is 14.1. The topological polar surface area (TPSA) is 95.8 Å². The predicted molar refractivity (Wildman–Crippen MR) is 156 cm³/mol. The first kappa shape index (κ1) is 27.6. The second kappa shape index (κ2) is 12.0. The third kappa shape index (κ3) is 5.80. The highest BCUT2D eigenvalue weighted by Gasteiger charge is 2.38. The molecule has 1 aromatic heterocycles. The number of carbonyl (C=O) groups is 1. The molecule has 1 amide bonds. The Morgan fingerprint density at radius 2 is 1.68 bits per heavy atom. The molecule has 0 spiro atoms. The summed E-state index contributed by atoms with van der Waals surface area (Å²) >= 11 is 0. The lowest BCUT2D eigenvalue weighted by Gasteiger charge is -2.30. The number of aliphatic hydroxyl groups is 1. The maximum atomic E-state index is 13.8. The number of carbonyl (C=O) groups excluding carboxylic acids is 1. The molecule has 1 aliphatic carbocycles. The highest BCUT2D eigenvalue weighted by Crippen LogP contribution is 2.44. The van der Waals surface area contributed by atoms with Gasteiger partial charge in [-0.3, -0.25) is 4.79 Å². The van der Waals surface area contributed by atoms with E-state index in [0.717, 1.165) is 31.2 Å². The van der Waals surface area contributed by atoms with Crippen molar-refractivity contribution in [2.75, 3.05) is 13.2 Å². The van der Waals surface area contributed by atoms with Gasteiger partial charge in [0.05, 0.1) is 6.61 Å². The first-order valence-corrected chi connectivity index (χ1v) is 14.1. The second-order valence-electron chi connectivity index (χ2n) is 11.0. The molecule has 7 nitrogen and oxygen atoms in total. The smallest absolute Gasteiger partial charge is 0.276 e. The van der Waals surface area contributed by atoms with Gasteiger partial charge < -0.3 is 19.8 Å². The van der Waals surface area contributed by atoms with Gasteiger partial charge in [-0.2, -0.15) is 4.98 Å². The lowest BCUT2D eigenvalue weighted by molar-refractivity contribution is 0.0651. The molecule has 0 unspecified atom stereocenters. The van der Waals surface area contributed by atoms with E-state index in [1.54, 1.807) is 0 Å². The molecule has 208 valence electrons. The maximum absolute atomic E-state index is 13.8. The molecule has 0 bridgehead atoms. The van der Waals surface area contributed by atoms with E-state index in [0.29, 0.717) is 12.2 Å². The van der Waals surface area contributed by atoms with Gasteiger partial charge in [0, 0.05) is 24.4 Å². The summed E-state index contributed by atoms with van der Waals surface area (Å²) in [6.45, 7) is 3.88. The molecule has 0 aliphatic heterocycles. The Balaban J connectivity index is 1.54. The van der Waals surface area contributed by atoms with Crippen LogP contribution in [0.1, 0.15) is 67.0 Å². The normalized spacial score (nSPS) is 14.5. The van der Waals surface area contributed by atoms with Crippen LogP contribution in [0.5, 0.6) is 11.6 Å². The standard InChI is InChI=1S/C33H37N3O4/c1-23(2)36(18-19-37)32(39)29-30(40-22-24-10-4-3-5-11-24)31(38)35-28(34-29)21-33(16-8-9-17-33)27-15-14-25-12-6-7-13-26(25)20-27/h3-7,10-15,20,23,37H,8-9,16-19,21-22H2,1-2H3,(H,34,35,38). The maximum Gasteiger partial charge on any atom is 0.276 e. The Hall–Kier alpha value is -3.97. The van der Waals surface area contributed by atoms with Crippen molar-refractivity contribution in [1.29, 1.82) is 0 Å². The predicted octanol–water partition coefficient (Wildman–Crippen LogP) is 5.81. The number of fused-ring (bicyclic) bond motifs is 1. The highest BCUT2D eigenvalue weighted by atomic mass is 16.5. The van der Waals surface area contributed by atoms with Crippen molar-refractivity contribution in [1.82, 2.24) is 14.9 Å². The summed E-state index contributed by atoms with van der Waals surface area (Å²) in [4.78, 5) is 24.6. The number of aromatic hydroxyl groups is 1. The molecule has 1 fully saturated rings. The fraction of sp³-hybridized carbons (Fsp3) is 0.364. The Kier molecular flexibility index (Phi) is 8.31. The van der Waals surface area contributed by atoms with Gasteiger partial charge in [0.25, 0.3) is 11.8 Å². The fourth-order valence-electron chi connectivity index (χ4n) is 5.85. The molecular formula is C33H37N3O4. The fourth-order valence-corrected chi connectivity index (χ4v) is 5.85. The van der Waals surface area contributed by atoms with E-state index in [9.17, 15) is 15.0 Å². The summed E-state index contributed by atoms with van der Waals surface area (Å²) in [5.41, 5.74) is 1.95. The highest BCUT2D eigenvalue weighted by molar-refractivity contribution is 5.95. The molecule has 4 aromatic rings. The molecule has 3 aromatic carbocycles. The SMILES string of the molecule is CC(C)N(CCO)C(=O)c1nc(CC2(c3ccc4ccccc4c3)CCCC2)nc(O)c1OCc1ccccc1. The van der Waals surface area contributed by atoms with Crippen molar-refractivity contribution in [2.45, 2.75) is 64.0 Å². The summed E-state index contributed by atoms with van der Waals surface area (Å²) in [5, 5.41) is 23.1. The number of hydrogen-bond acceptors (Lipinski definition) is 6. The van der Waals surface area contributed by atoms with Gasteiger partial charge in [-0.15, -0.1) is 0 Å². The van der Waals surface area contributed by atoms with Crippen molar-refractivity contribution < 1.29 is 19.7 Å². The zero-order chi connectivity index (χ0) is 28.1. The minimum Gasteiger partial charge on any atom is -0.491 e. The number of hydrogen-bond donors (Lipinski definition) is 2. The second-order valence-corrected chi connectivity index (χ2v) is 11.0. The van der Waals surface area contributed by atoms with Crippen molar-refractivity contribution in [2.24, 2.45) is 0 Å². The molecule has 40 heavy (non-hydrogen) atoms. The van der Waals surface area contributed by atoms with Crippen molar-refractivity contribution in [3.8, 4) is 11.6 Å². The lowest BCUT2D eigenvalue weighted by atomic mass is 9.75. The van der Waals surface area contributed by atoms with E-state index < -0.39 is 5.91 Å². The molecule has 7 heteroatoms. The number of amides is 1. The number of nitrogens with zero attached hydrogens (tertiary/aromatic N) is 3. The first-order chi connectivity index (χ1) is 19.4. The van der Waals surface area contributed by atoms with Gasteiger partial charge >= 0.3 is 0 Å². The van der Waals surface area contributed by atoms with Crippen LogP contribution in [-0.2, 0) is 18.4 Å². The number of rotatable bonds is 10. The molecule has 0 radical (unpaired) electrons. The van der Waals surface area contributed by atoms with Gasteiger partial charge in [0.1, 0.15) is 12.4 Å². The third-order valence-electron chi connectivity index (χ3n) is 7.97. The van der Waals surface area contributed by atoms with Crippen LogP contribution < -0.4 is 4.74 Å². The Labute approximate surface area is 235 Å². The van der Waals surface area contributed by atoms with Crippen molar-refractivity contribution in [3.05, 3.63) is 95.4 Å². The van der Waals surface area contributed by atoms with Crippen LogP contribution in [0, 0.1) is 0 Å². The molecule has 1 saturated carbocycles. The van der Waals surface area contributed by atoms with E-state index >= 15 is 0 Å². The van der Waals surface area contributed by atoms with Crippen LogP contribution in [0.2, 0.25) is 0 Å². The van der Waals surface area contributed by atoms with Crippen LogP contribution in [0.25, 0.3) is 10.8 Å². The quantitative estimate of drug-likeness (QED) is 0.264. The Morgan fingerprint density at radius 1 is 0.975 bits per heavy atom. The Bertz CT molecular complexity index is 1470. The lowest BCUT2D eigenvalue weighted by Crippen LogP contribution is -2.40. The molecular weight excluding hydrogens is 502 g/mol. The van der Waals surface area contributed by atoms with E-state index in [4.69, 9.17) is 9.72 Å². The van der Waals surface area contributed by atoms with Gasteiger partial charge in [-0.25, -0.2) is 4.98 Å². The molecule has 2 N–H and O–H groups in total. The van der Waals surface area contributed by atoms with E-state index in [2.05, 4.69) is 35.3 Å². The van der Waals surface area contributed by atoms with E-state index in [1.807, 2.05) is 56.3 Å². The molecule has 0 saturated heterocycles. The van der Waals surface area contributed by atoms with Crippen LogP contribution in [-0.4, -0.2) is 50.2 Å². The van der Waals surface area contributed by atoms with Gasteiger partial charge in [0.2, 0.25) is 5.75 Å². The average molecular weight is 540 g/mol. The van der Waals surface area contributed by atoms with Gasteiger partial charge in [0.15, 0.2) is 5.69 Å². The summed E-state index contributed by atoms with van der Waals surface area (Å²) in [6, 6.07) is 24.3. The molecule has 5 rings (SSSR count). The zero-order valence-corrected chi connectivity index (χ0v) is 23.2. The van der Waals surface area contributed by atoms with Crippen LogP contribution in [0.15, 0.2) is 72.8 Å². The summed E-state index contributed by atoms with van der Waals surface area (Å²) in [5.74, 6) is -0.371. The summed E-state index contributed by atoms with van der Waals surface area (Å²) in [7, 11) is 0. The minimum absolute atomic E-state index is 0.0206. The number of aromatic nitrogens is 2. The van der Waals surface area contributed by atoms with Crippen LogP contribution in [0.3, 0.4) is 0 Å². The molecule has 0 atom stereocenters. The van der Waals surface area contributed by atoms with E-state index in [1.165, 1.54) is 21.2 Å².